The minimum atomic E-state index is -3.29. The molecule has 0 aliphatic carbocycles. The highest BCUT2D eigenvalue weighted by molar-refractivity contribution is 7.94. The molecule has 1 unspecified atom stereocenters. The molecule has 2 rings (SSSR count). The van der Waals surface area contributed by atoms with Crippen LogP contribution in [0, 0.1) is 23.0 Å². The molecule has 1 aromatic rings. The Morgan fingerprint density at radius 1 is 1.33 bits per heavy atom. The summed E-state index contributed by atoms with van der Waals surface area (Å²) in [4.78, 5) is 0. The number of sulfone groups is 1. The molecule has 7 heteroatoms. The number of nitrogens with one attached hydrogen (secondary N) is 1. The van der Waals surface area contributed by atoms with Crippen molar-refractivity contribution in [2.24, 2.45) is 0 Å². The molecule has 1 atom stereocenters. The molecule has 0 fully saturated rings. The smallest absolute Gasteiger partial charge is 0.173 e. The SMILES string of the molecule is N#Cc1cc(F)c(NC2C=CS(=O)(=O)C2)c(F)c1. The molecule has 1 aliphatic rings. The number of hydrogen-bond acceptors (Lipinski definition) is 4. The van der Waals surface area contributed by atoms with Gasteiger partial charge in [-0.15, -0.1) is 0 Å². The van der Waals surface area contributed by atoms with Crippen LogP contribution in [0.3, 0.4) is 0 Å². The highest BCUT2D eigenvalue weighted by Gasteiger charge is 2.23. The lowest BCUT2D eigenvalue weighted by Crippen LogP contribution is -2.22. The zero-order valence-electron chi connectivity index (χ0n) is 9.02. The molecule has 0 radical (unpaired) electrons. The van der Waals surface area contributed by atoms with Crippen LogP contribution in [0.15, 0.2) is 23.6 Å². The van der Waals surface area contributed by atoms with Crippen LogP contribution >= 0.6 is 0 Å². The van der Waals surface area contributed by atoms with Crippen LogP contribution in [0.1, 0.15) is 5.56 Å². The lowest BCUT2D eigenvalue weighted by atomic mass is 10.2. The van der Waals surface area contributed by atoms with Crippen molar-refractivity contribution in [2.75, 3.05) is 11.1 Å². The van der Waals surface area contributed by atoms with Gasteiger partial charge in [-0.05, 0) is 12.1 Å². The quantitative estimate of drug-likeness (QED) is 0.885. The zero-order chi connectivity index (χ0) is 13.3. The van der Waals surface area contributed by atoms with Gasteiger partial charge in [0.1, 0.15) is 5.69 Å². The predicted molar refractivity (Wildman–Crippen MR) is 61.4 cm³/mol. The van der Waals surface area contributed by atoms with Crippen molar-refractivity contribution in [3.63, 3.8) is 0 Å². The van der Waals surface area contributed by atoms with Crippen molar-refractivity contribution in [1.29, 1.82) is 5.26 Å². The maximum absolute atomic E-state index is 13.5. The van der Waals surface area contributed by atoms with E-state index in [9.17, 15) is 17.2 Å². The maximum Gasteiger partial charge on any atom is 0.173 e. The van der Waals surface area contributed by atoms with Crippen molar-refractivity contribution >= 4 is 15.5 Å². The molecular formula is C11H8F2N2O2S. The van der Waals surface area contributed by atoms with Crippen LogP contribution in [-0.4, -0.2) is 20.2 Å². The summed E-state index contributed by atoms with van der Waals surface area (Å²) in [6.45, 7) is 0. The Kier molecular flexibility index (Phi) is 3.05. The molecule has 0 aromatic heterocycles. The Labute approximate surface area is 102 Å². The van der Waals surface area contributed by atoms with E-state index in [-0.39, 0.29) is 11.3 Å². The van der Waals surface area contributed by atoms with Crippen LogP contribution in [0.25, 0.3) is 0 Å². The first-order valence-electron chi connectivity index (χ1n) is 4.98. The number of benzene rings is 1. The van der Waals surface area contributed by atoms with Gasteiger partial charge in [0.2, 0.25) is 0 Å². The third kappa shape index (κ3) is 2.49. The van der Waals surface area contributed by atoms with E-state index in [0.717, 1.165) is 17.5 Å². The highest BCUT2D eigenvalue weighted by Crippen LogP contribution is 2.23. The van der Waals surface area contributed by atoms with Gasteiger partial charge in [-0.1, -0.05) is 6.08 Å². The van der Waals surface area contributed by atoms with E-state index in [2.05, 4.69) is 5.32 Å². The van der Waals surface area contributed by atoms with Gasteiger partial charge in [-0.25, -0.2) is 17.2 Å². The Hall–Kier alpha value is -1.94. The second kappa shape index (κ2) is 4.38. The first kappa shape index (κ1) is 12.5. The van der Waals surface area contributed by atoms with Crippen molar-refractivity contribution < 1.29 is 17.2 Å². The molecule has 1 heterocycles. The fourth-order valence-corrected chi connectivity index (χ4v) is 2.86. The fraction of sp³-hybridized carbons (Fsp3) is 0.182. The van der Waals surface area contributed by atoms with Crippen LogP contribution in [0.5, 0.6) is 0 Å². The van der Waals surface area contributed by atoms with Gasteiger partial charge in [0.15, 0.2) is 21.5 Å². The van der Waals surface area contributed by atoms with Crippen molar-refractivity contribution in [1.82, 2.24) is 0 Å². The van der Waals surface area contributed by atoms with E-state index in [1.165, 1.54) is 6.08 Å². The first-order valence-corrected chi connectivity index (χ1v) is 6.69. The molecule has 1 aromatic carbocycles. The Morgan fingerprint density at radius 3 is 2.39 bits per heavy atom. The van der Waals surface area contributed by atoms with Crippen LogP contribution < -0.4 is 5.32 Å². The van der Waals surface area contributed by atoms with Gasteiger partial charge in [-0.2, -0.15) is 5.26 Å². The summed E-state index contributed by atoms with van der Waals surface area (Å²) in [6, 6.07) is 2.73. The van der Waals surface area contributed by atoms with Crippen LogP contribution in [0.4, 0.5) is 14.5 Å². The van der Waals surface area contributed by atoms with Gasteiger partial charge in [-0.3, -0.25) is 0 Å². The summed E-state index contributed by atoms with van der Waals surface area (Å²) in [5.41, 5.74) is -0.564. The summed E-state index contributed by atoms with van der Waals surface area (Å²) in [5.74, 6) is -2.10. The van der Waals surface area contributed by atoms with E-state index >= 15 is 0 Å². The van der Waals surface area contributed by atoms with E-state index in [1.54, 1.807) is 6.07 Å². The summed E-state index contributed by atoms with van der Waals surface area (Å²) in [6.07, 6.45) is 1.33. The number of nitriles is 1. The average molecular weight is 270 g/mol. The Morgan fingerprint density at radius 2 is 1.94 bits per heavy atom. The Bertz CT molecular complexity index is 639. The standard InChI is InChI=1S/C11H8F2N2O2S/c12-9-3-7(5-14)4-10(13)11(9)15-8-1-2-18(16,17)6-8/h1-4,8,15H,6H2. The van der Waals surface area contributed by atoms with E-state index in [4.69, 9.17) is 5.26 Å². The topological polar surface area (TPSA) is 70.0 Å². The normalized spacial score (nSPS) is 20.6. The average Bonchev–Trinajstić information content (AvgIpc) is 2.63. The van der Waals surface area contributed by atoms with Gasteiger partial charge in [0.05, 0.1) is 23.4 Å². The fourth-order valence-electron chi connectivity index (χ4n) is 1.63. The molecule has 4 nitrogen and oxygen atoms in total. The monoisotopic (exact) mass is 270 g/mol. The van der Waals surface area contributed by atoms with Crippen molar-refractivity contribution in [3.05, 3.63) is 40.8 Å². The molecular weight excluding hydrogens is 262 g/mol. The van der Waals surface area contributed by atoms with Gasteiger partial charge >= 0.3 is 0 Å². The lowest BCUT2D eigenvalue weighted by Gasteiger charge is -2.13. The maximum atomic E-state index is 13.5. The minimum Gasteiger partial charge on any atom is -0.373 e. The Balaban J connectivity index is 2.27. The first-order chi connectivity index (χ1) is 8.41. The highest BCUT2D eigenvalue weighted by atomic mass is 32.2. The zero-order valence-corrected chi connectivity index (χ0v) is 9.84. The lowest BCUT2D eigenvalue weighted by molar-refractivity contribution is 0.584. The van der Waals surface area contributed by atoms with Crippen molar-refractivity contribution in [2.45, 2.75) is 6.04 Å². The minimum absolute atomic E-state index is 0.134. The largest absolute Gasteiger partial charge is 0.373 e. The molecule has 94 valence electrons. The van der Waals surface area contributed by atoms with Crippen molar-refractivity contribution in [3.8, 4) is 6.07 Å². The molecule has 18 heavy (non-hydrogen) atoms. The predicted octanol–water partition coefficient (Wildman–Crippen LogP) is 1.56. The number of halogens is 2. The van der Waals surface area contributed by atoms with E-state index < -0.39 is 33.2 Å². The molecule has 1 aliphatic heterocycles. The number of rotatable bonds is 2. The molecule has 0 saturated carbocycles. The number of nitrogens with zero attached hydrogens (tertiary/aromatic N) is 1. The molecule has 0 amide bonds. The molecule has 1 N–H and O–H groups in total. The number of hydrogen-bond donors (Lipinski definition) is 1. The van der Waals surface area contributed by atoms with Gasteiger partial charge < -0.3 is 5.32 Å². The van der Waals surface area contributed by atoms with Gasteiger partial charge in [0.25, 0.3) is 0 Å². The third-order valence-electron chi connectivity index (χ3n) is 2.43. The summed E-state index contributed by atoms with van der Waals surface area (Å²) in [5, 5.41) is 12.0. The molecule has 0 bridgehead atoms. The van der Waals surface area contributed by atoms with E-state index in [0.29, 0.717) is 0 Å². The summed E-state index contributed by atoms with van der Waals surface area (Å²) < 4.78 is 49.3. The summed E-state index contributed by atoms with van der Waals surface area (Å²) in [7, 11) is -3.29. The van der Waals surface area contributed by atoms with Crippen LogP contribution in [-0.2, 0) is 9.84 Å². The molecule has 0 saturated heterocycles. The number of anilines is 1. The third-order valence-corrected chi connectivity index (χ3v) is 3.83. The summed E-state index contributed by atoms with van der Waals surface area (Å²) >= 11 is 0. The van der Waals surface area contributed by atoms with Crippen LogP contribution in [0.2, 0.25) is 0 Å². The molecule has 0 spiro atoms. The van der Waals surface area contributed by atoms with E-state index in [1.807, 2.05) is 0 Å². The second-order valence-corrected chi connectivity index (χ2v) is 5.77. The van der Waals surface area contributed by atoms with Gasteiger partial charge in [0, 0.05) is 5.41 Å². The second-order valence-electron chi connectivity index (χ2n) is 3.84.